The lowest BCUT2D eigenvalue weighted by Gasteiger charge is -2.28. The third-order valence-corrected chi connectivity index (χ3v) is 3.29. The van der Waals surface area contributed by atoms with Crippen molar-refractivity contribution < 1.29 is 9.84 Å². The summed E-state index contributed by atoms with van der Waals surface area (Å²) in [5.74, 6) is 0. The molecule has 1 saturated heterocycles. The minimum absolute atomic E-state index is 0.116. The predicted molar refractivity (Wildman–Crippen MR) is 67.6 cm³/mol. The van der Waals surface area contributed by atoms with Crippen molar-refractivity contribution in [1.82, 2.24) is 5.32 Å². The fourth-order valence-corrected chi connectivity index (χ4v) is 2.21. The summed E-state index contributed by atoms with van der Waals surface area (Å²) in [6.07, 6.45) is 2.56. The first-order chi connectivity index (χ1) is 8.28. The van der Waals surface area contributed by atoms with Gasteiger partial charge in [-0.1, -0.05) is 24.3 Å². The van der Waals surface area contributed by atoms with E-state index in [1.54, 1.807) is 0 Å². The highest BCUT2D eigenvalue weighted by Gasteiger charge is 2.18. The molecule has 2 N–H and O–H groups in total. The van der Waals surface area contributed by atoms with Gasteiger partial charge in [0, 0.05) is 19.2 Å². The van der Waals surface area contributed by atoms with Gasteiger partial charge < -0.3 is 15.2 Å². The highest BCUT2D eigenvalue weighted by molar-refractivity contribution is 5.21. The molecule has 1 aromatic carbocycles. The van der Waals surface area contributed by atoms with E-state index in [4.69, 9.17) is 9.84 Å². The summed E-state index contributed by atoms with van der Waals surface area (Å²) in [5, 5.41) is 12.5. The van der Waals surface area contributed by atoms with Crippen LogP contribution in [0.4, 0.5) is 0 Å². The topological polar surface area (TPSA) is 41.5 Å². The molecule has 3 nitrogen and oxygen atoms in total. The number of benzene rings is 1. The molecule has 0 amide bonds. The molecule has 0 radical (unpaired) electrons. The van der Waals surface area contributed by atoms with Crippen molar-refractivity contribution in [1.29, 1.82) is 0 Å². The van der Waals surface area contributed by atoms with Crippen molar-refractivity contribution in [3.8, 4) is 0 Å². The van der Waals surface area contributed by atoms with E-state index in [2.05, 4.69) is 24.4 Å². The number of hydrogen-bond donors (Lipinski definition) is 2. The number of nitrogens with one attached hydrogen (secondary N) is 1. The molecular formula is C14H21NO2. The second-order valence-electron chi connectivity index (χ2n) is 4.76. The Hall–Kier alpha value is -0.900. The minimum Gasteiger partial charge on any atom is -0.392 e. The zero-order chi connectivity index (χ0) is 12.1. The molecule has 94 valence electrons. The number of aliphatic hydroxyl groups is 1. The quantitative estimate of drug-likeness (QED) is 0.836. The Kier molecular flexibility index (Phi) is 4.54. The highest BCUT2D eigenvalue weighted by atomic mass is 16.5. The highest BCUT2D eigenvalue weighted by Crippen LogP contribution is 2.14. The summed E-state index contributed by atoms with van der Waals surface area (Å²) in [5.41, 5.74) is 2.23. The molecule has 1 heterocycles. The molecule has 2 atom stereocenters. The van der Waals surface area contributed by atoms with Crippen LogP contribution in [0.5, 0.6) is 0 Å². The lowest BCUT2D eigenvalue weighted by atomic mass is 10.0. The van der Waals surface area contributed by atoms with E-state index in [1.165, 1.54) is 5.56 Å². The van der Waals surface area contributed by atoms with Gasteiger partial charge in [0.25, 0.3) is 0 Å². The van der Waals surface area contributed by atoms with Gasteiger partial charge in [0.1, 0.15) is 0 Å². The molecule has 1 aliphatic rings. The SMILES string of the molecule is CC1CC(NCc2ccc(CO)cc2)CCO1. The number of ether oxygens (including phenoxy) is 1. The van der Waals surface area contributed by atoms with E-state index >= 15 is 0 Å². The van der Waals surface area contributed by atoms with E-state index in [-0.39, 0.29) is 6.61 Å². The van der Waals surface area contributed by atoms with Crippen molar-refractivity contribution in [2.75, 3.05) is 6.61 Å². The van der Waals surface area contributed by atoms with Crippen molar-refractivity contribution in [3.63, 3.8) is 0 Å². The van der Waals surface area contributed by atoms with Gasteiger partial charge in [-0.3, -0.25) is 0 Å². The number of rotatable bonds is 4. The summed E-state index contributed by atoms with van der Waals surface area (Å²) in [6.45, 7) is 4.00. The van der Waals surface area contributed by atoms with Gasteiger partial charge in [-0.2, -0.15) is 0 Å². The molecule has 0 aliphatic carbocycles. The van der Waals surface area contributed by atoms with Gasteiger partial charge >= 0.3 is 0 Å². The smallest absolute Gasteiger partial charge is 0.0681 e. The summed E-state index contributed by atoms with van der Waals surface area (Å²) >= 11 is 0. The maximum absolute atomic E-state index is 8.96. The van der Waals surface area contributed by atoms with Crippen LogP contribution in [0.1, 0.15) is 30.9 Å². The first kappa shape index (κ1) is 12.6. The van der Waals surface area contributed by atoms with Crippen LogP contribution in [0.25, 0.3) is 0 Å². The second-order valence-corrected chi connectivity index (χ2v) is 4.76. The maximum Gasteiger partial charge on any atom is 0.0681 e. The standard InChI is InChI=1S/C14H21NO2/c1-11-8-14(6-7-17-11)15-9-12-2-4-13(10-16)5-3-12/h2-5,11,14-16H,6-10H2,1H3. The van der Waals surface area contributed by atoms with Crippen LogP contribution >= 0.6 is 0 Å². The van der Waals surface area contributed by atoms with Gasteiger partial charge in [0.2, 0.25) is 0 Å². The van der Waals surface area contributed by atoms with E-state index in [0.717, 1.165) is 31.6 Å². The Balaban J connectivity index is 1.80. The molecule has 0 aromatic heterocycles. The van der Waals surface area contributed by atoms with Crippen molar-refractivity contribution in [2.45, 2.75) is 45.1 Å². The molecule has 0 spiro atoms. The Morgan fingerprint density at radius 1 is 1.29 bits per heavy atom. The first-order valence-electron chi connectivity index (χ1n) is 6.31. The lowest BCUT2D eigenvalue weighted by molar-refractivity contribution is 0.0130. The zero-order valence-corrected chi connectivity index (χ0v) is 10.4. The summed E-state index contributed by atoms with van der Waals surface area (Å²) < 4.78 is 5.52. The van der Waals surface area contributed by atoms with Crippen LogP contribution in [0, 0.1) is 0 Å². The van der Waals surface area contributed by atoms with Gasteiger partial charge in [-0.25, -0.2) is 0 Å². The lowest BCUT2D eigenvalue weighted by Crippen LogP contribution is -2.37. The van der Waals surface area contributed by atoms with Crippen molar-refractivity contribution in [2.24, 2.45) is 0 Å². The molecule has 1 fully saturated rings. The summed E-state index contributed by atoms with van der Waals surface area (Å²) in [6, 6.07) is 8.66. The van der Waals surface area contributed by atoms with Gasteiger partial charge in [-0.15, -0.1) is 0 Å². The predicted octanol–water partition coefficient (Wildman–Crippen LogP) is 1.84. The molecule has 17 heavy (non-hydrogen) atoms. The fourth-order valence-electron chi connectivity index (χ4n) is 2.21. The first-order valence-corrected chi connectivity index (χ1v) is 6.31. The summed E-state index contributed by atoms with van der Waals surface area (Å²) in [4.78, 5) is 0. The molecular weight excluding hydrogens is 214 g/mol. The largest absolute Gasteiger partial charge is 0.392 e. The monoisotopic (exact) mass is 235 g/mol. The van der Waals surface area contributed by atoms with Crippen molar-refractivity contribution >= 4 is 0 Å². The van der Waals surface area contributed by atoms with Crippen LogP contribution in [0.3, 0.4) is 0 Å². The average molecular weight is 235 g/mol. The fraction of sp³-hybridized carbons (Fsp3) is 0.571. The van der Waals surface area contributed by atoms with Gasteiger partial charge in [-0.05, 0) is 30.9 Å². The normalized spacial score (nSPS) is 24.8. The molecule has 2 rings (SSSR count). The van der Waals surface area contributed by atoms with E-state index in [0.29, 0.717) is 12.1 Å². The average Bonchev–Trinajstić information content (AvgIpc) is 2.37. The molecule has 0 saturated carbocycles. The second kappa shape index (κ2) is 6.15. The Bertz CT molecular complexity index is 337. The van der Waals surface area contributed by atoms with E-state index < -0.39 is 0 Å². The van der Waals surface area contributed by atoms with Crippen LogP contribution in [-0.4, -0.2) is 23.9 Å². The molecule has 0 bridgehead atoms. The molecule has 3 heteroatoms. The Morgan fingerprint density at radius 3 is 2.65 bits per heavy atom. The van der Waals surface area contributed by atoms with Crippen LogP contribution in [0.2, 0.25) is 0 Å². The number of aliphatic hydroxyl groups excluding tert-OH is 1. The van der Waals surface area contributed by atoms with E-state index in [1.807, 2.05) is 12.1 Å². The zero-order valence-electron chi connectivity index (χ0n) is 10.4. The van der Waals surface area contributed by atoms with Gasteiger partial charge in [0.05, 0.1) is 12.7 Å². The Labute approximate surface area is 103 Å². The van der Waals surface area contributed by atoms with Crippen LogP contribution in [-0.2, 0) is 17.9 Å². The third kappa shape index (κ3) is 3.80. The molecule has 1 aromatic rings. The van der Waals surface area contributed by atoms with Crippen LogP contribution < -0.4 is 5.32 Å². The van der Waals surface area contributed by atoms with E-state index in [9.17, 15) is 0 Å². The van der Waals surface area contributed by atoms with Crippen molar-refractivity contribution in [3.05, 3.63) is 35.4 Å². The number of hydrogen-bond acceptors (Lipinski definition) is 3. The third-order valence-electron chi connectivity index (χ3n) is 3.29. The summed E-state index contributed by atoms with van der Waals surface area (Å²) in [7, 11) is 0. The Morgan fingerprint density at radius 2 is 2.00 bits per heavy atom. The van der Waals surface area contributed by atoms with Gasteiger partial charge in [0.15, 0.2) is 0 Å². The molecule has 2 unspecified atom stereocenters. The van der Waals surface area contributed by atoms with Crippen LogP contribution in [0.15, 0.2) is 24.3 Å². The molecule has 1 aliphatic heterocycles. The maximum atomic E-state index is 8.96. The minimum atomic E-state index is 0.116.